The Balaban J connectivity index is 3.30. The molecule has 0 bridgehead atoms. The maximum Gasteiger partial charge on any atom is 0.266 e. The van der Waals surface area contributed by atoms with Crippen molar-refractivity contribution < 1.29 is 13.9 Å². The Morgan fingerprint density at radius 1 is 1.46 bits per heavy atom. The first kappa shape index (κ1) is 10.6. The Bertz CT molecular complexity index is 320. The fourth-order valence-corrected chi connectivity index (χ4v) is 1.40. The fraction of sp³-hybridized carbons (Fsp3) is 0.286. The first-order valence-electron chi connectivity index (χ1n) is 3.29. The summed E-state index contributed by atoms with van der Waals surface area (Å²) in [5.74, 6) is 0. The molecule has 1 aromatic heterocycles. The number of hydrogen-bond acceptors (Lipinski definition) is 2. The minimum absolute atomic E-state index is 0.00127. The number of aromatic nitrogens is 1. The van der Waals surface area contributed by atoms with Gasteiger partial charge >= 0.3 is 0 Å². The smallest absolute Gasteiger partial charge is 0.266 e. The van der Waals surface area contributed by atoms with Crippen LogP contribution in [0.4, 0.5) is 8.78 Å². The van der Waals surface area contributed by atoms with E-state index in [1.54, 1.807) is 0 Å². The van der Waals surface area contributed by atoms with E-state index in [9.17, 15) is 8.78 Å². The van der Waals surface area contributed by atoms with Crippen LogP contribution in [0.15, 0.2) is 6.20 Å². The van der Waals surface area contributed by atoms with Gasteiger partial charge in [0, 0.05) is 6.20 Å². The van der Waals surface area contributed by atoms with Gasteiger partial charge in [-0.25, -0.2) is 8.78 Å². The van der Waals surface area contributed by atoms with E-state index in [0.717, 1.165) is 6.20 Å². The molecule has 0 saturated carbocycles. The van der Waals surface area contributed by atoms with Gasteiger partial charge in [0.25, 0.3) is 6.43 Å². The van der Waals surface area contributed by atoms with Crippen LogP contribution in [0.25, 0.3) is 0 Å². The largest absolute Gasteiger partial charge is 0.390 e. The van der Waals surface area contributed by atoms with E-state index in [-0.39, 0.29) is 15.7 Å². The number of halogens is 4. The van der Waals surface area contributed by atoms with Crippen molar-refractivity contribution in [1.29, 1.82) is 0 Å². The van der Waals surface area contributed by atoms with Crippen molar-refractivity contribution in [3.05, 3.63) is 27.5 Å². The molecule has 0 atom stereocenters. The maximum absolute atomic E-state index is 12.3. The van der Waals surface area contributed by atoms with Crippen LogP contribution < -0.4 is 0 Å². The molecule has 0 fully saturated rings. The molecular weight excluding hydrogens is 223 g/mol. The third kappa shape index (κ3) is 2.07. The average molecular weight is 228 g/mol. The van der Waals surface area contributed by atoms with Crippen molar-refractivity contribution in [3.63, 3.8) is 0 Å². The Hall–Kier alpha value is -0.450. The number of alkyl halides is 2. The summed E-state index contributed by atoms with van der Waals surface area (Å²) in [6.07, 6.45) is -1.73. The summed E-state index contributed by atoms with van der Waals surface area (Å²) in [6, 6.07) is 0. The highest BCUT2D eigenvalue weighted by molar-refractivity contribution is 6.36. The summed E-state index contributed by atoms with van der Waals surface area (Å²) < 4.78 is 24.7. The van der Waals surface area contributed by atoms with Crippen molar-refractivity contribution in [3.8, 4) is 0 Å². The minimum Gasteiger partial charge on any atom is -0.390 e. The number of hydrogen-bond donors (Lipinski definition) is 1. The molecule has 1 aromatic rings. The van der Waals surface area contributed by atoms with Gasteiger partial charge in [-0.1, -0.05) is 23.2 Å². The topological polar surface area (TPSA) is 33.1 Å². The number of rotatable bonds is 2. The molecule has 0 aliphatic carbocycles. The number of aliphatic hydroxyl groups excluding tert-OH is 1. The van der Waals surface area contributed by atoms with E-state index in [1.807, 2.05) is 0 Å². The standard InChI is InChI=1S/C7H5Cl2F2NO/c8-3-1-12-4(2-13)6(9)5(3)7(10)11/h1,7,13H,2H2. The first-order chi connectivity index (χ1) is 6.07. The van der Waals surface area contributed by atoms with E-state index in [2.05, 4.69) is 4.98 Å². The third-order valence-electron chi connectivity index (χ3n) is 1.45. The molecule has 1 N–H and O–H groups in total. The van der Waals surface area contributed by atoms with E-state index < -0.39 is 18.6 Å². The second-order valence-electron chi connectivity index (χ2n) is 2.24. The molecule has 0 radical (unpaired) electrons. The zero-order valence-electron chi connectivity index (χ0n) is 6.27. The number of nitrogens with zero attached hydrogens (tertiary/aromatic N) is 1. The summed E-state index contributed by atoms with van der Waals surface area (Å²) in [4.78, 5) is 3.59. The molecule has 1 heterocycles. The number of pyridine rings is 1. The van der Waals surface area contributed by atoms with Crippen LogP contribution >= 0.6 is 23.2 Å². The van der Waals surface area contributed by atoms with E-state index in [4.69, 9.17) is 28.3 Å². The molecule has 13 heavy (non-hydrogen) atoms. The molecule has 1 rings (SSSR count). The summed E-state index contributed by atoms with van der Waals surface area (Å²) in [5.41, 5.74) is -0.483. The van der Waals surface area contributed by atoms with Crippen LogP contribution in [-0.2, 0) is 6.61 Å². The van der Waals surface area contributed by atoms with Crippen molar-refractivity contribution in [1.82, 2.24) is 4.98 Å². The zero-order valence-corrected chi connectivity index (χ0v) is 7.78. The highest BCUT2D eigenvalue weighted by Gasteiger charge is 2.19. The molecule has 0 aromatic carbocycles. The van der Waals surface area contributed by atoms with Crippen molar-refractivity contribution in [2.75, 3.05) is 0 Å². The van der Waals surface area contributed by atoms with Crippen molar-refractivity contribution in [2.24, 2.45) is 0 Å². The second kappa shape index (κ2) is 4.17. The second-order valence-corrected chi connectivity index (χ2v) is 3.02. The van der Waals surface area contributed by atoms with Gasteiger partial charge in [0.05, 0.1) is 27.9 Å². The monoisotopic (exact) mass is 227 g/mol. The minimum atomic E-state index is -2.77. The molecule has 6 heteroatoms. The van der Waals surface area contributed by atoms with Gasteiger partial charge in [0.2, 0.25) is 0 Å². The average Bonchev–Trinajstić information content (AvgIpc) is 2.04. The molecule has 0 aliphatic rings. The van der Waals surface area contributed by atoms with Crippen LogP contribution in [-0.4, -0.2) is 10.1 Å². The Kier molecular flexibility index (Phi) is 3.41. The first-order valence-corrected chi connectivity index (χ1v) is 4.05. The lowest BCUT2D eigenvalue weighted by atomic mass is 10.2. The Morgan fingerprint density at radius 3 is 2.54 bits per heavy atom. The molecule has 0 aliphatic heterocycles. The summed E-state index contributed by atoms with van der Waals surface area (Å²) in [6.45, 7) is -0.490. The molecule has 0 amide bonds. The third-order valence-corrected chi connectivity index (χ3v) is 2.17. The normalized spacial score (nSPS) is 10.9. The van der Waals surface area contributed by atoms with E-state index in [1.165, 1.54) is 0 Å². The molecule has 0 saturated heterocycles. The Morgan fingerprint density at radius 2 is 2.08 bits per heavy atom. The molecular formula is C7H5Cl2F2NO. The molecule has 72 valence electrons. The maximum atomic E-state index is 12.3. The predicted octanol–water partition coefficient (Wildman–Crippen LogP) is 2.82. The SMILES string of the molecule is OCc1ncc(Cl)c(C(F)F)c1Cl. The molecule has 0 spiro atoms. The van der Waals surface area contributed by atoms with Crippen molar-refractivity contribution in [2.45, 2.75) is 13.0 Å². The van der Waals surface area contributed by atoms with Gasteiger partial charge in [0.15, 0.2) is 0 Å². The van der Waals surface area contributed by atoms with E-state index in [0.29, 0.717) is 0 Å². The molecule has 0 unspecified atom stereocenters. The van der Waals surface area contributed by atoms with Gasteiger partial charge in [-0.2, -0.15) is 0 Å². The van der Waals surface area contributed by atoms with E-state index >= 15 is 0 Å². The summed E-state index contributed by atoms with van der Waals surface area (Å²) in [7, 11) is 0. The van der Waals surface area contributed by atoms with Crippen molar-refractivity contribution >= 4 is 23.2 Å². The lowest BCUT2D eigenvalue weighted by molar-refractivity contribution is 0.151. The van der Waals surface area contributed by atoms with Crippen LogP contribution in [0, 0.1) is 0 Å². The van der Waals surface area contributed by atoms with Gasteiger partial charge in [0.1, 0.15) is 0 Å². The molecule has 2 nitrogen and oxygen atoms in total. The highest BCUT2D eigenvalue weighted by Crippen LogP contribution is 2.34. The van der Waals surface area contributed by atoms with Crippen LogP contribution in [0.1, 0.15) is 17.7 Å². The van der Waals surface area contributed by atoms with Crippen LogP contribution in [0.3, 0.4) is 0 Å². The quantitative estimate of drug-likeness (QED) is 0.844. The lowest BCUT2D eigenvalue weighted by Crippen LogP contribution is -1.97. The van der Waals surface area contributed by atoms with Gasteiger partial charge in [-0.3, -0.25) is 4.98 Å². The van der Waals surface area contributed by atoms with Gasteiger partial charge in [-0.05, 0) is 0 Å². The van der Waals surface area contributed by atoms with Gasteiger partial charge < -0.3 is 5.11 Å². The van der Waals surface area contributed by atoms with Gasteiger partial charge in [-0.15, -0.1) is 0 Å². The predicted molar refractivity (Wildman–Crippen MR) is 45.1 cm³/mol. The fourth-order valence-electron chi connectivity index (χ4n) is 0.831. The Labute approximate surface area is 83.1 Å². The highest BCUT2D eigenvalue weighted by atomic mass is 35.5. The lowest BCUT2D eigenvalue weighted by Gasteiger charge is -2.07. The summed E-state index contributed by atoms with van der Waals surface area (Å²) in [5, 5.41) is 8.21. The summed E-state index contributed by atoms with van der Waals surface area (Å²) >= 11 is 11.0. The van der Waals surface area contributed by atoms with Crippen LogP contribution in [0.2, 0.25) is 10.0 Å². The zero-order chi connectivity index (χ0) is 10.0. The number of aliphatic hydroxyl groups is 1. The van der Waals surface area contributed by atoms with Crippen LogP contribution in [0.5, 0.6) is 0 Å².